The molecule has 96 valence electrons. The first-order valence-corrected chi connectivity index (χ1v) is 6.79. The summed E-state index contributed by atoms with van der Waals surface area (Å²) in [5, 5.41) is 17.2. The van der Waals surface area contributed by atoms with Crippen LogP contribution in [0.4, 0.5) is 0 Å². The Hall–Kier alpha value is -2.54. The third kappa shape index (κ3) is 1.38. The van der Waals surface area contributed by atoms with Crippen molar-refractivity contribution in [2.45, 2.75) is 6.42 Å². The lowest BCUT2D eigenvalue weighted by molar-refractivity contribution is 0.482. The van der Waals surface area contributed by atoms with Crippen LogP contribution in [0.2, 0.25) is 0 Å². The molecule has 0 aliphatic heterocycles. The maximum atomic E-state index is 10.4. The molecule has 0 radical (unpaired) electrons. The Morgan fingerprint density at radius 2 is 1.60 bits per heavy atom. The summed E-state index contributed by atoms with van der Waals surface area (Å²) in [5.41, 5.74) is 1.21. The Bertz CT molecular complexity index is 950. The van der Waals surface area contributed by atoms with E-state index in [1.54, 1.807) is 0 Å². The maximum absolute atomic E-state index is 10.4. The van der Waals surface area contributed by atoms with E-state index >= 15 is 0 Å². The molecule has 4 aromatic carbocycles. The highest BCUT2D eigenvalue weighted by Crippen LogP contribution is 2.40. The van der Waals surface area contributed by atoms with Crippen molar-refractivity contribution < 1.29 is 5.11 Å². The van der Waals surface area contributed by atoms with E-state index in [0.29, 0.717) is 5.75 Å². The topological polar surface area (TPSA) is 20.2 Å². The molecule has 0 atom stereocenters. The number of aromatic hydroxyl groups is 1. The zero-order valence-corrected chi connectivity index (χ0v) is 11.1. The predicted molar refractivity (Wildman–Crippen MR) is 85.7 cm³/mol. The third-order valence-electron chi connectivity index (χ3n) is 4.08. The standard InChI is InChI=1S/C19H14O/c1-2-4-12-7-8-14-10-9-13-5-3-6-15-17(20)11-16(12)19(14)18(13)15/h2-3,5-11,20H,1,4H2. The highest BCUT2D eigenvalue weighted by atomic mass is 16.3. The molecule has 0 saturated heterocycles. The van der Waals surface area contributed by atoms with Gasteiger partial charge in [-0.05, 0) is 39.6 Å². The van der Waals surface area contributed by atoms with Gasteiger partial charge in [-0.15, -0.1) is 6.58 Å². The fourth-order valence-corrected chi connectivity index (χ4v) is 3.19. The Morgan fingerprint density at radius 1 is 0.900 bits per heavy atom. The fourth-order valence-electron chi connectivity index (χ4n) is 3.19. The SMILES string of the molecule is C=CCc1ccc2ccc3cccc4c(O)cc1c2c34. The number of rotatable bonds is 2. The van der Waals surface area contributed by atoms with Crippen molar-refractivity contribution in [1.29, 1.82) is 0 Å². The lowest BCUT2D eigenvalue weighted by Gasteiger charge is -2.14. The van der Waals surface area contributed by atoms with Gasteiger partial charge in [0.25, 0.3) is 0 Å². The minimum atomic E-state index is 0.354. The molecule has 1 N–H and O–H groups in total. The van der Waals surface area contributed by atoms with Crippen LogP contribution in [-0.4, -0.2) is 5.11 Å². The first kappa shape index (κ1) is 11.3. The minimum Gasteiger partial charge on any atom is -0.507 e. The number of phenols is 1. The van der Waals surface area contributed by atoms with Crippen molar-refractivity contribution in [2.75, 3.05) is 0 Å². The second-order valence-corrected chi connectivity index (χ2v) is 5.23. The largest absolute Gasteiger partial charge is 0.507 e. The molecule has 1 heteroatoms. The van der Waals surface area contributed by atoms with E-state index in [4.69, 9.17) is 0 Å². The van der Waals surface area contributed by atoms with Crippen LogP contribution in [0.25, 0.3) is 32.3 Å². The summed E-state index contributed by atoms with van der Waals surface area (Å²) in [5.74, 6) is 0.354. The first-order chi connectivity index (χ1) is 9.79. The van der Waals surface area contributed by atoms with Crippen LogP contribution >= 0.6 is 0 Å². The number of benzene rings is 4. The van der Waals surface area contributed by atoms with Gasteiger partial charge in [-0.3, -0.25) is 0 Å². The number of hydrogen-bond acceptors (Lipinski definition) is 1. The number of hydrogen-bond donors (Lipinski definition) is 1. The summed E-state index contributed by atoms with van der Waals surface area (Å²) in [6.07, 6.45) is 2.72. The van der Waals surface area contributed by atoms with E-state index in [9.17, 15) is 5.11 Å². The molecule has 20 heavy (non-hydrogen) atoms. The van der Waals surface area contributed by atoms with Gasteiger partial charge >= 0.3 is 0 Å². The molecule has 4 rings (SSSR count). The molecular weight excluding hydrogens is 244 g/mol. The van der Waals surface area contributed by atoms with E-state index in [2.05, 4.69) is 36.9 Å². The summed E-state index contributed by atoms with van der Waals surface area (Å²) >= 11 is 0. The molecule has 0 aliphatic carbocycles. The third-order valence-corrected chi connectivity index (χ3v) is 4.08. The second-order valence-electron chi connectivity index (χ2n) is 5.23. The van der Waals surface area contributed by atoms with Gasteiger partial charge in [-0.1, -0.05) is 48.5 Å². The van der Waals surface area contributed by atoms with Crippen molar-refractivity contribution in [1.82, 2.24) is 0 Å². The predicted octanol–water partition coefficient (Wildman–Crippen LogP) is 5.02. The summed E-state index contributed by atoms with van der Waals surface area (Å²) in [6, 6.07) is 16.5. The highest BCUT2D eigenvalue weighted by molar-refractivity contribution is 6.25. The molecule has 0 aromatic heterocycles. The van der Waals surface area contributed by atoms with Gasteiger partial charge in [0.05, 0.1) is 0 Å². The lowest BCUT2D eigenvalue weighted by Crippen LogP contribution is -1.89. The van der Waals surface area contributed by atoms with Gasteiger partial charge in [0.15, 0.2) is 0 Å². The lowest BCUT2D eigenvalue weighted by atomic mass is 9.90. The van der Waals surface area contributed by atoms with E-state index in [1.807, 2.05) is 24.3 Å². The maximum Gasteiger partial charge on any atom is 0.124 e. The van der Waals surface area contributed by atoms with Gasteiger partial charge in [0.1, 0.15) is 5.75 Å². The van der Waals surface area contributed by atoms with Crippen LogP contribution in [0.15, 0.2) is 61.2 Å². The summed E-state index contributed by atoms with van der Waals surface area (Å²) < 4.78 is 0. The molecule has 0 unspecified atom stereocenters. The van der Waals surface area contributed by atoms with Crippen molar-refractivity contribution in [3.05, 3.63) is 66.7 Å². The zero-order valence-electron chi connectivity index (χ0n) is 11.1. The van der Waals surface area contributed by atoms with E-state index in [-0.39, 0.29) is 0 Å². The molecule has 4 aromatic rings. The second kappa shape index (κ2) is 3.97. The smallest absolute Gasteiger partial charge is 0.124 e. The average Bonchev–Trinajstić information content (AvgIpc) is 2.48. The van der Waals surface area contributed by atoms with Crippen LogP contribution in [0.5, 0.6) is 5.75 Å². The Labute approximate surface area is 117 Å². The molecule has 0 amide bonds. The minimum absolute atomic E-state index is 0.354. The van der Waals surface area contributed by atoms with Crippen LogP contribution in [0.3, 0.4) is 0 Å². The zero-order chi connectivity index (χ0) is 13.7. The molecule has 0 spiro atoms. The van der Waals surface area contributed by atoms with Gasteiger partial charge in [0, 0.05) is 10.8 Å². The molecule has 0 heterocycles. The normalized spacial score (nSPS) is 11.6. The van der Waals surface area contributed by atoms with Gasteiger partial charge < -0.3 is 5.11 Å². The number of allylic oxidation sites excluding steroid dienone is 1. The average molecular weight is 258 g/mol. The van der Waals surface area contributed by atoms with Crippen molar-refractivity contribution in [2.24, 2.45) is 0 Å². The van der Waals surface area contributed by atoms with Crippen LogP contribution in [0, 0.1) is 0 Å². The van der Waals surface area contributed by atoms with Gasteiger partial charge in [-0.25, -0.2) is 0 Å². The summed E-state index contributed by atoms with van der Waals surface area (Å²) in [6.45, 7) is 3.83. The van der Waals surface area contributed by atoms with E-state index in [1.165, 1.54) is 21.7 Å². The van der Waals surface area contributed by atoms with Crippen LogP contribution < -0.4 is 0 Å². The fraction of sp³-hybridized carbons (Fsp3) is 0.0526. The Kier molecular flexibility index (Phi) is 2.25. The molecule has 0 aliphatic rings. The highest BCUT2D eigenvalue weighted by Gasteiger charge is 2.12. The van der Waals surface area contributed by atoms with Crippen LogP contribution in [-0.2, 0) is 6.42 Å². The number of phenolic OH excluding ortho intramolecular Hbond substituents is 1. The Balaban J connectivity index is 2.34. The monoisotopic (exact) mass is 258 g/mol. The molecule has 1 nitrogen and oxygen atoms in total. The Morgan fingerprint density at radius 3 is 2.40 bits per heavy atom. The van der Waals surface area contributed by atoms with Crippen molar-refractivity contribution >= 4 is 32.3 Å². The summed E-state index contributed by atoms with van der Waals surface area (Å²) in [4.78, 5) is 0. The van der Waals surface area contributed by atoms with Crippen molar-refractivity contribution in [3.8, 4) is 5.75 Å². The molecular formula is C19H14O. The molecule has 0 saturated carbocycles. The van der Waals surface area contributed by atoms with E-state index in [0.717, 1.165) is 22.6 Å². The first-order valence-electron chi connectivity index (χ1n) is 6.79. The van der Waals surface area contributed by atoms with Gasteiger partial charge in [0.2, 0.25) is 0 Å². The summed E-state index contributed by atoms with van der Waals surface area (Å²) in [7, 11) is 0. The molecule has 0 fully saturated rings. The quantitative estimate of drug-likeness (QED) is 0.395. The van der Waals surface area contributed by atoms with Crippen molar-refractivity contribution in [3.63, 3.8) is 0 Å². The van der Waals surface area contributed by atoms with Gasteiger partial charge in [-0.2, -0.15) is 0 Å². The van der Waals surface area contributed by atoms with Crippen LogP contribution in [0.1, 0.15) is 5.56 Å². The van der Waals surface area contributed by atoms with E-state index < -0.39 is 0 Å². The molecule has 0 bridgehead atoms.